The number of benzene rings is 3. The molecule has 2 aliphatic rings. The number of hydrogen-bond acceptors (Lipinski definition) is 9. The molecule has 6 rings (SSSR count). The van der Waals surface area contributed by atoms with Gasteiger partial charge in [-0.05, 0) is 99.1 Å². The Morgan fingerprint density at radius 2 is 1.92 bits per heavy atom. The average Bonchev–Trinajstić information content (AvgIpc) is 3.69. The maximum absolute atomic E-state index is 13.0. The van der Waals surface area contributed by atoms with Crippen LogP contribution in [0.1, 0.15) is 77.8 Å². The van der Waals surface area contributed by atoms with Crippen molar-refractivity contribution in [2.75, 3.05) is 32.8 Å². The molecule has 1 saturated heterocycles. The first kappa shape index (κ1) is 34.4. The molecule has 260 valence electrons. The van der Waals surface area contributed by atoms with Gasteiger partial charge in [0.15, 0.2) is 0 Å². The molecule has 10 nitrogen and oxygen atoms in total. The molecule has 1 atom stereocenters. The van der Waals surface area contributed by atoms with Crippen LogP contribution >= 0.6 is 0 Å². The molecule has 0 saturated carbocycles. The zero-order valence-electron chi connectivity index (χ0n) is 29.0. The summed E-state index contributed by atoms with van der Waals surface area (Å²) in [6.45, 7) is 12.1. The first-order chi connectivity index (χ1) is 23.5. The Balaban J connectivity index is 1.06. The van der Waals surface area contributed by atoms with Crippen molar-refractivity contribution in [1.82, 2.24) is 14.9 Å². The van der Waals surface area contributed by atoms with E-state index in [-0.39, 0.29) is 12.3 Å². The van der Waals surface area contributed by atoms with E-state index in [1.165, 1.54) is 16.7 Å². The highest BCUT2D eigenvalue weighted by Gasteiger charge is 2.24. The molecule has 4 aromatic rings. The van der Waals surface area contributed by atoms with E-state index in [4.69, 9.17) is 25.8 Å². The summed E-state index contributed by atoms with van der Waals surface area (Å²) in [4.78, 5) is 18.6. The SMILES string of the molecule is Cc1ccc2[nH]c(C(=O)OCC(C)O)c(/C(N)=C/N(N)CC3CCN(Cc4ccc(Oc5ccc6c(c5)CCO6)c(C(C)C)c4)CC3)c2c1. The number of carbonyl (C=O) groups is 1. The summed E-state index contributed by atoms with van der Waals surface area (Å²) < 4.78 is 17.3. The summed E-state index contributed by atoms with van der Waals surface area (Å²) in [5, 5.41) is 12.1. The second-order valence-corrected chi connectivity index (χ2v) is 13.9. The summed E-state index contributed by atoms with van der Waals surface area (Å²) in [7, 11) is 0. The molecule has 2 aliphatic heterocycles. The molecule has 3 heterocycles. The number of hydrazine groups is 1. The topological polar surface area (TPSA) is 139 Å². The maximum atomic E-state index is 13.0. The van der Waals surface area contributed by atoms with Gasteiger partial charge in [0.1, 0.15) is 29.5 Å². The molecule has 10 heteroatoms. The normalized spacial score (nSPS) is 16.1. The van der Waals surface area contributed by atoms with Gasteiger partial charge < -0.3 is 35.0 Å². The fourth-order valence-electron chi connectivity index (χ4n) is 6.80. The van der Waals surface area contributed by atoms with Crippen molar-refractivity contribution in [2.45, 2.75) is 65.5 Å². The molecule has 1 unspecified atom stereocenters. The Hall–Kier alpha value is -4.51. The van der Waals surface area contributed by atoms with E-state index in [0.29, 0.717) is 29.6 Å². The predicted octanol–water partition coefficient (Wildman–Crippen LogP) is 6.21. The van der Waals surface area contributed by atoms with E-state index in [1.54, 1.807) is 18.1 Å². The van der Waals surface area contributed by atoms with Crippen LogP contribution in [0.25, 0.3) is 16.6 Å². The number of carbonyl (C=O) groups excluding carboxylic acids is 1. The number of hydrogen-bond donors (Lipinski definition) is 4. The summed E-state index contributed by atoms with van der Waals surface area (Å²) in [5.74, 6) is 9.36. The Morgan fingerprint density at radius 1 is 1.12 bits per heavy atom. The zero-order valence-corrected chi connectivity index (χ0v) is 29.0. The fourth-order valence-corrected chi connectivity index (χ4v) is 6.80. The van der Waals surface area contributed by atoms with E-state index >= 15 is 0 Å². The number of aromatic nitrogens is 1. The van der Waals surface area contributed by atoms with Crippen LogP contribution in [0.5, 0.6) is 17.2 Å². The number of aliphatic hydroxyl groups excluding tert-OH is 1. The largest absolute Gasteiger partial charge is 0.493 e. The monoisotopic (exact) mass is 667 g/mol. The number of aromatic amines is 1. The quantitative estimate of drug-likeness (QED) is 0.0789. The van der Waals surface area contributed by atoms with Crippen LogP contribution in [0.2, 0.25) is 0 Å². The van der Waals surface area contributed by atoms with Gasteiger partial charge in [0.05, 0.1) is 18.4 Å². The Bertz CT molecular complexity index is 1820. The number of likely N-dealkylation sites (tertiary alicyclic amines) is 1. The minimum Gasteiger partial charge on any atom is -0.493 e. The third-order valence-electron chi connectivity index (χ3n) is 9.37. The molecule has 0 radical (unpaired) electrons. The van der Waals surface area contributed by atoms with Gasteiger partial charge in [-0.2, -0.15) is 0 Å². The first-order valence-electron chi connectivity index (χ1n) is 17.3. The molecule has 1 aromatic heterocycles. The Labute approximate surface area is 288 Å². The van der Waals surface area contributed by atoms with E-state index in [1.807, 2.05) is 37.3 Å². The molecule has 0 aliphatic carbocycles. The van der Waals surface area contributed by atoms with Gasteiger partial charge in [0, 0.05) is 47.7 Å². The highest BCUT2D eigenvalue weighted by molar-refractivity contribution is 6.04. The van der Waals surface area contributed by atoms with E-state index in [0.717, 1.165) is 79.2 Å². The van der Waals surface area contributed by atoms with E-state index in [2.05, 4.69) is 48.0 Å². The number of nitrogens with one attached hydrogen (secondary N) is 1. The number of aliphatic hydroxyl groups is 1. The standard InChI is InChI=1S/C39H49N5O5/c1-24(2)31-18-28(6-9-36(31)49-30-7-10-35-29(19-30)13-16-47-35)20-43-14-11-27(12-15-43)21-44(41)22-33(40)37-32-17-25(3)5-8-34(32)42-38(37)39(46)48-23-26(4)45/h5-10,17-19,22,24,26-27,42,45H,11-16,20-21,23,40-41H2,1-4H3/b33-22-. The van der Waals surface area contributed by atoms with Crippen molar-refractivity contribution >= 4 is 22.6 Å². The number of aryl methyl sites for hydroxylation is 1. The van der Waals surface area contributed by atoms with Crippen LogP contribution < -0.4 is 21.1 Å². The maximum Gasteiger partial charge on any atom is 0.355 e. The molecule has 1 fully saturated rings. The number of esters is 1. The van der Waals surface area contributed by atoms with Gasteiger partial charge in [-0.15, -0.1) is 0 Å². The molecule has 0 bridgehead atoms. The third kappa shape index (κ3) is 8.21. The lowest BCUT2D eigenvalue weighted by atomic mass is 9.95. The third-order valence-corrected chi connectivity index (χ3v) is 9.37. The summed E-state index contributed by atoms with van der Waals surface area (Å²) in [6.07, 6.45) is 3.89. The molecule has 3 aromatic carbocycles. The smallest absolute Gasteiger partial charge is 0.355 e. The number of H-pyrrole nitrogens is 1. The minimum absolute atomic E-state index is 0.108. The van der Waals surface area contributed by atoms with Gasteiger partial charge in [-0.1, -0.05) is 37.6 Å². The van der Waals surface area contributed by atoms with Crippen molar-refractivity contribution in [3.05, 3.63) is 94.3 Å². The molecular weight excluding hydrogens is 618 g/mol. The second-order valence-electron chi connectivity index (χ2n) is 13.9. The second kappa shape index (κ2) is 14.9. The number of ether oxygens (including phenoxy) is 3. The Kier molecular flexibility index (Phi) is 10.5. The number of nitrogens with zero attached hydrogens (tertiary/aromatic N) is 2. The summed E-state index contributed by atoms with van der Waals surface area (Å²) in [6, 6.07) is 18.5. The van der Waals surface area contributed by atoms with Gasteiger partial charge in [0.2, 0.25) is 0 Å². The zero-order chi connectivity index (χ0) is 34.7. The van der Waals surface area contributed by atoms with Crippen LogP contribution in [0.15, 0.2) is 60.8 Å². The summed E-state index contributed by atoms with van der Waals surface area (Å²) >= 11 is 0. The highest BCUT2D eigenvalue weighted by atomic mass is 16.5. The number of nitrogens with two attached hydrogens (primary N) is 2. The number of piperidine rings is 1. The lowest BCUT2D eigenvalue weighted by Crippen LogP contribution is -2.39. The number of fused-ring (bicyclic) bond motifs is 2. The first-order valence-corrected chi connectivity index (χ1v) is 17.3. The van der Waals surface area contributed by atoms with Crippen molar-refractivity contribution in [3.63, 3.8) is 0 Å². The fraction of sp³-hybridized carbons (Fsp3) is 0.410. The average molecular weight is 668 g/mol. The molecule has 0 amide bonds. The van der Waals surface area contributed by atoms with Crippen molar-refractivity contribution in [3.8, 4) is 17.2 Å². The van der Waals surface area contributed by atoms with Crippen LogP contribution in [-0.2, 0) is 17.7 Å². The van der Waals surface area contributed by atoms with Gasteiger partial charge in [-0.25, -0.2) is 10.6 Å². The van der Waals surface area contributed by atoms with Gasteiger partial charge >= 0.3 is 5.97 Å². The lowest BCUT2D eigenvalue weighted by Gasteiger charge is -2.33. The summed E-state index contributed by atoms with van der Waals surface area (Å²) in [5.41, 5.74) is 13.3. The molecule has 0 spiro atoms. The minimum atomic E-state index is -0.771. The lowest BCUT2D eigenvalue weighted by molar-refractivity contribution is 0.0291. The van der Waals surface area contributed by atoms with Gasteiger partial charge in [-0.3, -0.25) is 4.90 Å². The molecule has 6 N–H and O–H groups in total. The van der Waals surface area contributed by atoms with Crippen molar-refractivity contribution in [1.29, 1.82) is 0 Å². The van der Waals surface area contributed by atoms with Crippen LogP contribution in [0.3, 0.4) is 0 Å². The molecular formula is C39H49N5O5. The van der Waals surface area contributed by atoms with Crippen molar-refractivity contribution in [2.24, 2.45) is 17.5 Å². The molecule has 49 heavy (non-hydrogen) atoms. The highest BCUT2D eigenvalue weighted by Crippen LogP contribution is 2.35. The van der Waals surface area contributed by atoms with Crippen LogP contribution in [0.4, 0.5) is 0 Å². The predicted molar refractivity (Wildman–Crippen MR) is 192 cm³/mol. The number of rotatable bonds is 12. The van der Waals surface area contributed by atoms with Crippen molar-refractivity contribution < 1.29 is 24.1 Å². The Morgan fingerprint density at radius 3 is 2.67 bits per heavy atom. The van der Waals surface area contributed by atoms with E-state index < -0.39 is 12.1 Å². The van der Waals surface area contributed by atoms with Gasteiger partial charge in [0.25, 0.3) is 0 Å². The van der Waals surface area contributed by atoms with Crippen LogP contribution in [-0.4, -0.2) is 64.9 Å². The van der Waals surface area contributed by atoms with Crippen LogP contribution in [0, 0.1) is 12.8 Å². The van der Waals surface area contributed by atoms with E-state index in [9.17, 15) is 9.90 Å².